The summed E-state index contributed by atoms with van der Waals surface area (Å²) in [5.74, 6) is -0.150. The Balaban J connectivity index is 1.51. The van der Waals surface area contributed by atoms with E-state index in [2.05, 4.69) is 45.4 Å². The Bertz CT molecular complexity index is 1420. The minimum atomic E-state index is -4.79. The number of aryl methyl sites for hydroxylation is 3. The van der Waals surface area contributed by atoms with Crippen molar-refractivity contribution < 1.29 is 32.0 Å². The van der Waals surface area contributed by atoms with Crippen molar-refractivity contribution in [1.82, 2.24) is 10.4 Å². The fourth-order valence-corrected chi connectivity index (χ4v) is 5.57. The molecule has 42 heavy (non-hydrogen) atoms. The number of benzene rings is 2. The van der Waals surface area contributed by atoms with Gasteiger partial charge in [-0.1, -0.05) is 36.4 Å². The molecule has 4 rings (SSSR count). The molecule has 12 heteroatoms. The van der Waals surface area contributed by atoms with E-state index in [4.69, 9.17) is 14.0 Å². The number of aromatic nitrogens is 1. The largest absolute Gasteiger partial charge is 0.493 e. The van der Waals surface area contributed by atoms with Crippen LogP contribution in [0, 0.1) is 6.92 Å². The number of pyridine rings is 1. The van der Waals surface area contributed by atoms with Gasteiger partial charge in [0.25, 0.3) is 0 Å². The lowest BCUT2D eigenvalue weighted by atomic mass is 9.96. The zero-order valence-electron chi connectivity index (χ0n) is 23.3. The molecule has 0 radical (unpaired) electrons. The first kappa shape index (κ1) is 32.2. The number of esters is 1. The molecule has 1 aliphatic heterocycles. The highest BCUT2D eigenvalue weighted by Crippen LogP contribution is 2.37. The summed E-state index contributed by atoms with van der Waals surface area (Å²) in [5, 5.41) is 0.822. The van der Waals surface area contributed by atoms with Gasteiger partial charge in [-0.2, -0.15) is 13.2 Å². The van der Waals surface area contributed by atoms with Crippen LogP contribution in [0.2, 0.25) is 0 Å². The highest BCUT2D eigenvalue weighted by Gasteiger charge is 2.46. The van der Waals surface area contributed by atoms with Crippen LogP contribution in [0.3, 0.4) is 0 Å². The zero-order chi connectivity index (χ0) is 30.1. The molecule has 1 aliphatic rings. The Labute approximate surface area is 258 Å². The average molecular weight is 713 g/mol. The number of carbonyl (C=O) groups is 1. The lowest BCUT2D eigenvalue weighted by molar-refractivity contribution is -0.139. The molecule has 1 aromatic heterocycles. The summed E-state index contributed by atoms with van der Waals surface area (Å²) < 4.78 is 58.3. The van der Waals surface area contributed by atoms with Crippen LogP contribution in [0.25, 0.3) is 11.3 Å². The molecule has 2 aromatic carbocycles. The van der Waals surface area contributed by atoms with Gasteiger partial charge in [0, 0.05) is 18.5 Å². The van der Waals surface area contributed by atoms with Crippen molar-refractivity contribution >= 4 is 40.3 Å². The minimum absolute atomic E-state index is 0.0234. The van der Waals surface area contributed by atoms with Gasteiger partial charge in [-0.15, -0.1) is 0 Å². The Hall–Kier alpha value is -2.73. The topological polar surface area (TPSA) is 72.9 Å². The van der Waals surface area contributed by atoms with Crippen molar-refractivity contribution in [2.45, 2.75) is 39.3 Å². The number of hydrazine groups is 1. The number of nitrogens with zero attached hydrogens (tertiary/aromatic N) is 2. The van der Waals surface area contributed by atoms with E-state index in [0.29, 0.717) is 31.8 Å². The van der Waals surface area contributed by atoms with Gasteiger partial charge in [0.1, 0.15) is 11.6 Å². The molecule has 2 heterocycles. The number of rotatable bonds is 13. The predicted molar refractivity (Wildman–Crippen MR) is 167 cm³/mol. The molecule has 0 bridgehead atoms. The number of carbonyl (C=O) groups excluding carboxylic acids is 1. The summed E-state index contributed by atoms with van der Waals surface area (Å²) in [7, 11) is 0. The van der Waals surface area contributed by atoms with Crippen molar-refractivity contribution in [3.8, 4) is 17.0 Å². The van der Waals surface area contributed by atoms with Crippen molar-refractivity contribution in [3.05, 3.63) is 88.6 Å². The lowest BCUT2D eigenvalue weighted by Gasteiger charge is -2.23. The van der Waals surface area contributed by atoms with Gasteiger partial charge in [-0.25, -0.2) is 15.2 Å². The van der Waals surface area contributed by atoms with E-state index in [0.717, 1.165) is 40.3 Å². The van der Waals surface area contributed by atoms with E-state index >= 15 is 0 Å². The zero-order valence-corrected chi connectivity index (χ0v) is 26.4. The summed E-state index contributed by atoms with van der Waals surface area (Å²) in [5.41, 5.74) is 5.74. The third-order valence-electron chi connectivity index (χ3n) is 6.66. The summed E-state index contributed by atoms with van der Waals surface area (Å²) in [4.78, 5) is 16.8. The smallest absolute Gasteiger partial charge is 0.433 e. The van der Waals surface area contributed by atoms with Crippen molar-refractivity contribution in [2.24, 2.45) is 0 Å². The summed E-state index contributed by atoms with van der Waals surface area (Å²) in [6.07, 6.45) is -2.48. The highest BCUT2D eigenvalue weighted by atomic mass is 127. The van der Waals surface area contributed by atoms with Crippen LogP contribution in [0.15, 0.2) is 71.9 Å². The maximum Gasteiger partial charge on any atom is 0.433 e. The number of alkyl halides is 3. The summed E-state index contributed by atoms with van der Waals surface area (Å²) in [6, 6.07) is 18.7. The first-order valence-corrected chi connectivity index (χ1v) is 17.5. The number of nitrogens with one attached hydrogen (secondary N) is 1. The molecule has 0 spiro atoms. The molecule has 0 fully saturated rings. The third kappa shape index (κ3) is 8.21. The van der Waals surface area contributed by atoms with E-state index in [1.54, 1.807) is 19.1 Å². The first-order valence-electron chi connectivity index (χ1n) is 13.5. The Morgan fingerprint density at radius 1 is 1.07 bits per heavy atom. The van der Waals surface area contributed by atoms with Gasteiger partial charge in [0.15, 0.2) is 5.70 Å². The maximum atomic E-state index is 14.1. The number of allylic oxidation sites excluding steroid dienone is 1. The van der Waals surface area contributed by atoms with Crippen LogP contribution < -0.4 is 15.2 Å². The van der Waals surface area contributed by atoms with Crippen LogP contribution in [-0.4, -0.2) is 43.5 Å². The van der Waals surface area contributed by atoms with Gasteiger partial charge >= 0.3 is 12.1 Å². The molecule has 0 aliphatic carbocycles. The van der Waals surface area contributed by atoms with Gasteiger partial charge in [0.05, 0.1) is 37.5 Å². The average Bonchev–Trinajstić information content (AvgIpc) is 3.44. The molecule has 3 aromatic rings. The molecule has 0 saturated heterocycles. The van der Waals surface area contributed by atoms with Gasteiger partial charge in [-0.05, 0) is 89.7 Å². The summed E-state index contributed by atoms with van der Waals surface area (Å²) in [6.45, 7) is 4.99. The van der Waals surface area contributed by atoms with Gasteiger partial charge in [-0.3, -0.25) is 5.01 Å². The number of anilines is 1. The van der Waals surface area contributed by atoms with Crippen LogP contribution in [-0.2, 0) is 26.9 Å². The van der Waals surface area contributed by atoms with Crippen molar-refractivity contribution in [1.29, 1.82) is 0 Å². The third-order valence-corrected chi connectivity index (χ3v) is 7.91. The minimum Gasteiger partial charge on any atom is -0.493 e. The second-order valence-corrected chi connectivity index (χ2v) is 11.2. The van der Waals surface area contributed by atoms with Crippen molar-refractivity contribution in [2.75, 3.05) is 31.4 Å². The molecule has 224 valence electrons. The Morgan fingerprint density at radius 3 is 2.60 bits per heavy atom. The second kappa shape index (κ2) is 15.1. The Kier molecular flexibility index (Phi) is 11.6. The molecular weight excluding hydrogens is 681 g/mol. The molecule has 1 unspecified atom stereocenters. The maximum absolute atomic E-state index is 14.1. The highest BCUT2D eigenvalue weighted by molar-refractivity contribution is 14.2. The van der Waals surface area contributed by atoms with Crippen LogP contribution in [0.5, 0.6) is 5.75 Å². The molecule has 7 nitrogen and oxygen atoms in total. The molecular formula is C30H32F3IN3O4P. The van der Waals surface area contributed by atoms with E-state index in [9.17, 15) is 18.0 Å². The van der Waals surface area contributed by atoms with Crippen molar-refractivity contribution in [3.63, 3.8) is 0 Å². The standard InChI is InChI=1S/C30H32F3IN3O4P/c1-3-39-29(38)25-19-35-37(28(25)30(31,32)33)27-11-6-10-26(36-27)24-9-5-4-8-22(24)13-12-21-14-15-23(18-20(21)2)40-16-7-17-41-42-34/h4-6,8-11,14-15,18,35,42H,3,7,12-13,16-17,19H2,1-2H3. The molecule has 0 amide bonds. The fraction of sp³-hybridized carbons (Fsp3) is 0.333. The van der Waals surface area contributed by atoms with E-state index in [-0.39, 0.29) is 19.0 Å². The quantitative estimate of drug-likeness (QED) is 0.0865. The second-order valence-electron chi connectivity index (χ2n) is 9.47. The molecule has 1 N–H and O–H groups in total. The Morgan fingerprint density at radius 2 is 1.86 bits per heavy atom. The monoisotopic (exact) mass is 713 g/mol. The van der Waals surface area contributed by atoms with Crippen LogP contribution in [0.4, 0.5) is 19.0 Å². The normalized spacial score (nSPS) is 13.8. The SMILES string of the molecule is CCOC(=O)C1=C(C(F)(F)F)N(c2cccc(-c3ccccc3CCc3ccc(OCCCOPI)cc3C)n2)NC1. The predicted octanol–water partition coefficient (Wildman–Crippen LogP) is 7.28. The van der Waals surface area contributed by atoms with Gasteiger partial charge in [0.2, 0.25) is 0 Å². The van der Waals surface area contributed by atoms with E-state index in [1.807, 2.05) is 36.4 Å². The fourth-order valence-electron chi connectivity index (χ4n) is 4.69. The number of halogens is 4. The van der Waals surface area contributed by atoms with Gasteiger partial charge < -0.3 is 14.0 Å². The van der Waals surface area contributed by atoms with E-state index < -0.39 is 23.4 Å². The van der Waals surface area contributed by atoms with Crippen LogP contribution in [0.1, 0.15) is 30.0 Å². The first-order chi connectivity index (χ1) is 20.2. The summed E-state index contributed by atoms with van der Waals surface area (Å²) >= 11 is 2.20. The lowest BCUT2D eigenvalue weighted by Crippen LogP contribution is -2.37. The molecule has 1 atom stereocenters. The number of ether oxygens (including phenoxy) is 2. The number of hydrogen-bond acceptors (Lipinski definition) is 7. The van der Waals surface area contributed by atoms with Crippen LogP contribution >= 0.6 is 28.5 Å². The number of hydrogen-bond donors (Lipinski definition) is 1. The molecule has 0 saturated carbocycles. The van der Waals surface area contributed by atoms with E-state index in [1.165, 1.54) is 11.6 Å².